The normalized spacial score (nSPS) is 19.3. The number of anilines is 3. The van der Waals surface area contributed by atoms with Gasteiger partial charge in [-0.15, -0.1) is 0 Å². The highest BCUT2D eigenvalue weighted by molar-refractivity contribution is 5.81. The molecule has 1 aliphatic rings. The molecular formula is C19H27N7O2. The fourth-order valence-corrected chi connectivity index (χ4v) is 3.07. The van der Waals surface area contributed by atoms with E-state index in [9.17, 15) is 4.79 Å². The van der Waals surface area contributed by atoms with Gasteiger partial charge in [0.25, 0.3) is 0 Å². The molecule has 0 saturated heterocycles. The molecular weight excluding hydrogens is 358 g/mol. The number of nitrogens with one attached hydrogen (secondary N) is 4. The Morgan fingerprint density at radius 3 is 2.61 bits per heavy atom. The van der Waals surface area contributed by atoms with Gasteiger partial charge in [0.2, 0.25) is 17.7 Å². The Labute approximate surface area is 164 Å². The largest absolute Gasteiger partial charge is 0.481 e. The van der Waals surface area contributed by atoms with Gasteiger partial charge in [0, 0.05) is 30.9 Å². The summed E-state index contributed by atoms with van der Waals surface area (Å²) >= 11 is 0. The lowest BCUT2D eigenvalue weighted by Gasteiger charge is -2.37. The van der Waals surface area contributed by atoms with E-state index >= 15 is 0 Å². The molecule has 0 aliphatic heterocycles. The number of ether oxygens (including phenoxy) is 1. The minimum absolute atomic E-state index is 0.0235. The summed E-state index contributed by atoms with van der Waals surface area (Å²) in [5, 5.41) is 12.3. The third-order valence-corrected chi connectivity index (χ3v) is 5.00. The number of carbonyl (C=O) groups excluding carboxylic acids is 1. The number of aromatic nitrogens is 3. The van der Waals surface area contributed by atoms with Gasteiger partial charge in [-0.2, -0.15) is 4.98 Å². The lowest BCUT2D eigenvalue weighted by Crippen LogP contribution is -2.49. The van der Waals surface area contributed by atoms with E-state index in [2.05, 4.69) is 36.2 Å². The molecule has 1 amide bonds. The molecule has 9 heteroatoms. The molecule has 0 unspecified atom stereocenters. The van der Waals surface area contributed by atoms with E-state index < -0.39 is 0 Å². The molecule has 28 heavy (non-hydrogen) atoms. The number of amides is 1. The Morgan fingerprint density at radius 2 is 2.00 bits per heavy atom. The highest BCUT2D eigenvalue weighted by Gasteiger charge is 2.34. The SMILES string of the molecule is CNc1ncc([C@H]2C[C@@H](NC(=O)[C@H](C)NC)C2)c(Nc2ccc(OC)nc2)n1. The second kappa shape index (κ2) is 8.83. The minimum atomic E-state index is -0.197. The van der Waals surface area contributed by atoms with Crippen molar-refractivity contribution in [1.82, 2.24) is 25.6 Å². The predicted molar refractivity (Wildman–Crippen MR) is 108 cm³/mol. The number of methoxy groups -OCH3 is 1. The van der Waals surface area contributed by atoms with Crippen LogP contribution in [0.25, 0.3) is 0 Å². The van der Waals surface area contributed by atoms with Crippen LogP contribution in [0.2, 0.25) is 0 Å². The van der Waals surface area contributed by atoms with Crippen LogP contribution in [0.15, 0.2) is 24.5 Å². The van der Waals surface area contributed by atoms with Gasteiger partial charge in [0.1, 0.15) is 5.82 Å². The molecule has 2 aromatic rings. The fourth-order valence-electron chi connectivity index (χ4n) is 3.07. The molecule has 4 N–H and O–H groups in total. The topological polar surface area (TPSA) is 113 Å². The lowest BCUT2D eigenvalue weighted by atomic mass is 9.76. The van der Waals surface area contributed by atoms with Gasteiger partial charge < -0.3 is 26.0 Å². The number of hydrogen-bond acceptors (Lipinski definition) is 8. The summed E-state index contributed by atoms with van der Waals surface area (Å²) in [7, 11) is 5.15. The zero-order valence-electron chi connectivity index (χ0n) is 16.6. The Bertz CT molecular complexity index is 806. The Morgan fingerprint density at radius 1 is 1.21 bits per heavy atom. The van der Waals surface area contributed by atoms with Gasteiger partial charge in [0.15, 0.2) is 0 Å². The third-order valence-electron chi connectivity index (χ3n) is 5.00. The molecule has 1 atom stereocenters. The first-order valence-electron chi connectivity index (χ1n) is 9.33. The molecule has 150 valence electrons. The summed E-state index contributed by atoms with van der Waals surface area (Å²) < 4.78 is 5.10. The maximum atomic E-state index is 12.0. The van der Waals surface area contributed by atoms with Gasteiger partial charge in [0.05, 0.1) is 25.0 Å². The third kappa shape index (κ3) is 4.48. The highest BCUT2D eigenvalue weighted by Crippen LogP contribution is 2.40. The van der Waals surface area contributed by atoms with Crippen LogP contribution in [-0.2, 0) is 4.79 Å². The van der Waals surface area contributed by atoms with Gasteiger partial charge in [-0.05, 0) is 38.8 Å². The lowest BCUT2D eigenvalue weighted by molar-refractivity contribution is -0.124. The first kappa shape index (κ1) is 19.8. The van der Waals surface area contributed by atoms with E-state index in [-0.39, 0.29) is 23.9 Å². The van der Waals surface area contributed by atoms with E-state index in [4.69, 9.17) is 4.74 Å². The maximum absolute atomic E-state index is 12.0. The zero-order valence-corrected chi connectivity index (χ0v) is 16.6. The van der Waals surface area contributed by atoms with Crippen molar-refractivity contribution in [3.63, 3.8) is 0 Å². The van der Waals surface area contributed by atoms with Crippen LogP contribution in [-0.4, -0.2) is 54.1 Å². The number of hydrogen-bond donors (Lipinski definition) is 4. The summed E-state index contributed by atoms with van der Waals surface area (Å²) in [6.07, 6.45) is 5.27. The number of nitrogens with zero attached hydrogens (tertiary/aromatic N) is 3. The quantitative estimate of drug-likeness (QED) is 0.542. The molecule has 1 saturated carbocycles. The monoisotopic (exact) mass is 385 g/mol. The molecule has 3 rings (SSSR count). The first-order valence-corrected chi connectivity index (χ1v) is 9.33. The van der Waals surface area contributed by atoms with E-state index in [1.165, 1.54) is 0 Å². The Balaban J connectivity index is 1.70. The number of rotatable bonds is 8. The van der Waals surface area contributed by atoms with Gasteiger partial charge >= 0.3 is 0 Å². The molecule has 1 fully saturated rings. The second-order valence-electron chi connectivity index (χ2n) is 6.85. The van der Waals surface area contributed by atoms with Crippen LogP contribution in [0.1, 0.15) is 31.2 Å². The number of likely N-dealkylation sites (N-methyl/N-ethyl adjacent to an activating group) is 1. The van der Waals surface area contributed by atoms with E-state index in [0.717, 1.165) is 29.9 Å². The van der Waals surface area contributed by atoms with Gasteiger partial charge in [-0.25, -0.2) is 9.97 Å². The Kier molecular flexibility index (Phi) is 6.25. The van der Waals surface area contributed by atoms with Crippen molar-refractivity contribution < 1.29 is 9.53 Å². The molecule has 2 heterocycles. The van der Waals surface area contributed by atoms with Crippen molar-refractivity contribution >= 4 is 23.4 Å². The summed E-state index contributed by atoms with van der Waals surface area (Å²) in [5.41, 5.74) is 1.84. The molecule has 0 aromatic carbocycles. The molecule has 0 spiro atoms. The van der Waals surface area contributed by atoms with Crippen LogP contribution in [0.4, 0.5) is 17.5 Å². The van der Waals surface area contributed by atoms with Crippen LogP contribution >= 0.6 is 0 Å². The maximum Gasteiger partial charge on any atom is 0.237 e. The summed E-state index contributed by atoms with van der Waals surface area (Å²) in [5.74, 6) is 2.15. The summed E-state index contributed by atoms with van der Waals surface area (Å²) in [6.45, 7) is 1.85. The van der Waals surface area contributed by atoms with Crippen LogP contribution in [0.3, 0.4) is 0 Å². The first-order chi connectivity index (χ1) is 13.5. The molecule has 9 nitrogen and oxygen atoms in total. The smallest absolute Gasteiger partial charge is 0.237 e. The molecule has 0 bridgehead atoms. The molecule has 2 aromatic heterocycles. The summed E-state index contributed by atoms with van der Waals surface area (Å²) in [4.78, 5) is 25.2. The van der Waals surface area contributed by atoms with Crippen LogP contribution in [0.5, 0.6) is 5.88 Å². The van der Waals surface area contributed by atoms with Crippen molar-refractivity contribution in [1.29, 1.82) is 0 Å². The highest BCUT2D eigenvalue weighted by atomic mass is 16.5. The van der Waals surface area contributed by atoms with Gasteiger partial charge in [-0.3, -0.25) is 4.79 Å². The van der Waals surface area contributed by atoms with Crippen molar-refractivity contribution in [3.05, 3.63) is 30.1 Å². The van der Waals surface area contributed by atoms with Crippen molar-refractivity contribution in [3.8, 4) is 5.88 Å². The van der Waals surface area contributed by atoms with E-state index in [0.29, 0.717) is 11.8 Å². The second-order valence-corrected chi connectivity index (χ2v) is 6.85. The van der Waals surface area contributed by atoms with E-state index in [1.54, 1.807) is 33.5 Å². The molecule has 0 radical (unpaired) electrons. The van der Waals surface area contributed by atoms with Crippen molar-refractivity contribution in [2.24, 2.45) is 0 Å². The van der Waals surface area contributed by atoms with Gasteiger partial charge in [-0.1, -0.05) is 0 Å². The standard InChI is InChI=1S/C19H27N7O2/c1-11(20-2)18(27)25-14-7-12(8-14)15-10-23-19(21-3)26-17(15)24-13-5-6-16(28-4)22-9-13/h5-6,9-12,14,20H,7-8H2,1-4H3,(H,25,27)(H2,21,23,24,26)/t11-,12-,14+/m0/s1. The minimum Gasteiger partial charge on any atom is -0.481 e. The average molecular weight is 385 g/mol. The Hall–Kier alpha value is -2.94. The van der Waals surface area contributed by atoms with Crippen LogP contribution in [0, 0.1) is 0 Å². The number of carbonyl (C=O) groups is 1. The van der Waals surface area contributed by atoms with Crippen molar-refractivity contribution in [2.75, 3.05) is 31.8 Å². The summed E-state index contributed by atoms with van der Waals surface area (Å²) in [6, 6.07) is 3.66. The number of pyridine rings is 1. The fraction of sp³-hybridized carbons (Fsp3) is 0.474. The zero-order chi connectivity index (χ0) is 20.1. The molecule has 1 aliphatic carbocycles. The van der Waals surface area contributed by atoms with Crippen molar-refractivity contribution in [2.45, 2.75) is 37.8 Å². The predicted octanol–water partition coefficient (Wildman–Crippen LogP) is 1.64. The average Bonchev–Trinajstić information content (AvgIpc) is 2.70. The van der Waals surface area contributed by atoms with E-state index in [1.807, 2.05) is 19.2 Å². The van der Waals surface area contributed by atoms with Crippen LogP contribution < -0.4 is 26.0 Å².